The third kappa shape index (κ3) is 5.66. The van der Waals surface area contributed by atoms with Gasteiger partial charge in [0.15, 0.2) is 35.0 Å². The summed E-state index contributed by atoms with van der Waals surface area (Å²) in [6.07, 6.45) is 12.4. The van der Waals surface area contributed by atoms with Gasteiger partial charge in [0.25, 0.3) is 0 Å². The van der Waals surface area contributed by atoms with Crippen LogP contribution in [0.2, 0.25) is 0 Å². The number of rotatable bonds is 12. The minimum atomic E-state index is -1.14. The Balaban J connectivity index is 0.735. The van der Waals surface area contributed by atoms with Crippen LogP contribution in [0.5, 0.6) is 0 Å². The minimum Gasteiger partial charge on any atom is -0.464 e. The van der Waals surface area contributed by atoms with E-state index in [-0.39, 0.29) is 35.6 Å². The van der Waals surface area contributed by atoms with Crippen molar-refractivity contribution in [1.29, 1.82) is 0 Å². The molecular formula is C39H60O12. The maximum Gasteiger partial charge on any atom is 0.338 e. The Bertz CT molecular complexity index is 1250. The molecule has 10 aliphatic rings. The number of fused-ring (bicyclic) bond motifs is 4. The monoisotopic (exact) mass is 720 g/mol. The third-order valence-corrected chi connectivity index (χ3v) is 14.5. The largest absolute Gasteiger partial charge is 0.464 e. The molecule has 12 heteroatoms. The van der Waals surface area contributed by atoms with Crippen LogP contribution in [0.15, 0.2) is 0 Å². The summed E-state index contributed by atoms with van der Waals surface area (Å²) < 4.78 is 37.2. The lowest BCUT2D eigenvalue weighted by Gasteiger charge is -2.50. The summed E-state index contributed by atoms with van der Waals surface area (Å²) in [6, 6.07) is 0. The van der Waals surface area contributed by atoms with Crippen LogP contribution in [0, 0.1) is 35.5 Å². The highest BCUT2D eigenvalue weighted by Crippen LogP contribution is 2.65. The van der Waals surface area contributed by atoms with Crippen molar-refractivity contribution in [1.82, 2.24) is 0 Å². The van der Waals surface area contributed by atoms with E-state index in [0.29, 0.717) is 25.0 Å². The number of ether oxygens (including phenoxy) is 6. The molecule has 8 heterocycles. The highest BCUT2D eigenvalue weighted by molar-refractivity contribution is 5.81. The number of hydrogen-bond donors (Lipinski definition) is 0. The van der Waals surface area contributed by atoms with E-state index in [1.807, 2.05) is 27.7 Å². The fourth-order valence-electron chi connectivity index (χ4n) is 11.5. The molecule has 12 nitrogen and oxygen atoms in total. The topological polar surface area (TPSA) is 126 Å². The van der Waals surface area contributed by atoms with Crippen LogP contribution in [-0.2, 0) is 57.6 Å². The number of unbranched alkanes of at least 4 members (excludes halogenated alkanes) is 6. The van der Waals surface area contributed by atoms with Gasteiger partial charge in [0.05, 0.1) is 13.2 Å². The lowest BCUT2D eigenvalue weighted by atomic mass is 9.60. The van der Waals surface area contributed by atoms with E-state index < -0.39 is 46.6 Å². The molecule has 2 saturated carbocycles. The molecule has 0 aromatic carbocycles. The molecule has 0 aromatic rings. The summed E-state index contributed by atoms with van der Waals surface area (Å²) in [7, 11) is 0. The summed E-state index contributed by atoms with van der Waals surface area (Å²) in [5.41, 5.74) is -3.84. The van der Waals surface area contributed by atoms with E-state index in [1.165, 1.54) is 0 Å². The Morgan fingerprint density at radius 3 is 1.33 bits per heavy atom. The van der Waals surface area contributed by atoms with Crippen molar-refractivity contribution in [3.8, 4) is 0 Å². The van der Waals surface area contributed by atoms with Crippen LogP contribution in [0.25, 0.3) is 0 Å². The second kappa shape index (κ2) is 13.1. The van der Waals surface area contributed by atoms with Gasteiger partial charge in [-0.1, -0.05) is 46.0 Å². The summed E-state index contributed by atoms with van der Waals surface area (Å²) in [6.45, 7) is 12.7. The fourth-order valence-corrected chi connectivity index (χ4v) is 11.5. The lowest BCUT2D eigenvalue weighted by Crippen LogP contribution is -2.62. The van der Waals surface area contributed by atoms with Crippen LogP contribution in [0.1, 0.15) is 138 Å². The highest BCUT2D eigenvalue weighted by atomic mass is 17.3. The molecule has 4 bridgehead atoms. The van der Waals surface area contributed by atoms with Crippen molar-refractivity contribution in [3.05, 3.63) is 0 Å². The van der Waals surface area contributed by atoms with Crippen LogP contribution < -0.4 is 0 Å². The first kappa shape index (κ1) is 36.6. The summed E-state index contributed by atoms with van der Waals surface area (Å²) in [5.74, 6) is -1.51. The van der Waals surface area contributed by atoms with Gasteiger partial charge in [-0.3, -0.25) is 0 Å². The minimum absolute atomic E-state index is 0.188. The predicted octanol–water partition coefficient (Wildman–Crippen LogP) is 6.81. The molecule has 2 spiro atoms. The van der Waals surface area contributed by atoms with Gasteiger partial charge in [-0.05, 0) is 103 Å². The first-order valence-corrected chi connectivity index (χ1v) is 20.1. The maximum absolute atomic E-state index is 13.5. The van der Waals surface area contributed by atoms with Crippen LogP contribution in [0.4, 0.5) is 0 Å². The molecule has 10 rings (SSSR count). The van der Waals surface area contributed by atoms with Gasteiger partial charge in [-0.15, -0.1) is 0 Å². The van der Waals surface area contributed by atoms with Crippen molar-refractivity contribution in [3.63, 3.8) is 0 Å². The molecule has 51 heavy (non-hydrogen) atoms. The van der Waals surface area contributed by atoms with E-state index in [2.05, 4.69) is 13.8 Å². The smallest absolute Gasteiger partial charge is 0.338 e. The lowest BCUT2D eigenvalue weighted by molar-refractivity contribution is -0.541. The Kier molecular flexibility index (Phi) is 9.42. The third-order valence-electron chi connectivity index (χ3n) is 14.5. The van der Waals surface area contributed by atoms with Crippen LogP contribution in [0.3, 0.4) is 0 Å². The first-order chi connectivity index (χ1) is 24.3. The van der Waals surface area contributed by atoms with Gasteiger partial charge in [0, 0.05) is 24.7 Å². The molecule has 2 aliphatic carbocycles. The Labute approximate surface area is 302 Å². The molecule has 8 aliphatic heterocycles. The van der Waals surface area contributed by atoms with Crippen molar-refractivity contribution < 1.29 is 57.6 Å². The molecule has 0 N–H and O–H groups in total. The second-order valence-electron chi connectivity index (χ2n) is 17.9. The molecule has 8 saturated heterocycles. The number of esters is 2. The van der Waals surface area contributed by atoms with Gasteiger partial charge >= 0.3 is 11.9 Å². The second-order valence-corrected chi connectivity index (χ2v) is 17.9. The highest BCUT2D eigenvalue weighted by Gasteiger charge is 2.77. The standard InChI is InChI=1S/C39H60O12/c1-24-14-16-28-36(5,46-32-38(28)26(24)18-20-34(3,44-32)48-50-38)30(40)42-22-12-10-8-7-9-11-13-23-43-31(41)37(6)29-17-15-25(2)27-19-21-35(4)45-33(47-37)39(27,29)51-49-35/h24-29,32-33H,7-23H2,1-6H3/t24-,25-,26+,27+,28+,29+,32+,33+,34-,35-,36+,37+,38-,39-/m1/s1. The fraction of sp³-hybridized carbons (Fsp3) is 0.949. The zero-order chi connectivity index (χ0) is 35.9. The molecule has 288 valence electrons. The van der Waals surface area contributed by atoms with E-state index in [1.54, 1.807) is 0 Å². The van der Waals surface area contributed by atoms with Gasteiger partial charge in [0.2, 0.25) is 11.6 Å². The summed E-state index contributed by atoms with van der Waals surface area (Å²) >= 11 is 0. The zero-order valence-electron chi connectivity index (χ0n) is 31.5. The normalized spacial score (nSPS) is 50.6. The van der Waals surface area contributed by atoms with E-state index >= 15 is 0 Å². The number of hydrogen-bond acceptors (Lipinski definition) is 12. The maximum atomic E-state index is 13.5. The van der Waals surface area contributed by atoms with Gasteiger partial charge in [-0.25, -0.2) is 29.1 Å². The number of carbonyl (C=O) groups is 2. The molecule has 0 radical (unpaired) electrons. The first-order valence-electron chi connectivity index (χ1n) is 20.1. The number of carbonyl (C=O) groups excluding carboxylic acids is 2. The van der Waals surface area contributed by atoms with Crippen molar-refractivity contribution in [2.24, 2.45) is 35.5 Å². The molecular weight excluding hydrogens is 660 g/mol. The van der Waals surface area contributed by atoms with Crippen LogP contribution >= 0.6 is 0 Å². The van der Waals surface area contributed by atoms with E-state index in [0.717, 1.165) is 96.3 Å². The zero-order valence-corrected chi connectivity index (χ0v) is 31.5. The molecule has 14 atom stereocenters. The predicted molar refractivity (Wildman–Crippen MR) is 179 cm³/mol. The summed E-state index contributed by atoms with van der Waals surface area (Å²) in [4.78, 5) is 51.1. The SMILES string of the molecule is C[C@@H]1CC[C@@H]2[C@]34OO[C@](C)(CC[C@@H]13)O[C@H]4O[C@]2(C)C(=O)OCCCCCCCCCOC(=O)[C@@]1(C)O[C@@H]2O[C@@]3(C)CC[C@H]4[C@H](C)CC[C@@H]1[C@@]24OO3. The van der Waals surface area contributed by atoms with Crippen molar-refractivity contribution in [2.75, 3.05) is 13.2 Å². The van der Waals surface area contributed by atoms with Crippen LogP contribution in [-0.4, -0.2) is 71.7 Å². The van der Waals surface area contributed by atoms with Crippen molar-refractivity contribution >= 4 is 11.9 Å². The van der Waals surface area contributed by atoms with Gasteiger partial charge in [0.1, 0.15) is 0 Å². The summed E-state index contributed by atoms with van der Waals surface area (Å²) in [5, 5.41) is 0. The average molecular weight is 721 g/mol. The van der Waals surface area contributed by atoms with Gasteiger partial charge < -0.3 is 28.4 Å². The average Bonchev–Trinajstić information content (AvgIpc) is 3.22. The Hall–Kier alpha value is -1.38. The molecule has 0 aromatic heterocycles. The molecule has 10 fully saturated rings. The van der Waals surface area contributed by atoms with E-state index in [4.69, 9.17) is 48.0 Å². The molecule has 0 unspecified atom stereocenters. The van der Waals surface area contributed by atoms with Gasteiger partial charge in [-0.2, -0.15) is 0 Å². The quantitative estimate of drug-likeness (QED) is 0.119. The molecule has 0 amide bonds. The Morgan fingerprint density at radius 1 is 0.529 bits per heavy atom. The van der Waals surface area contributed by atoms with E-state index in [9.17, 15) is 9.59 Å². The van der Waals surface area contributed by atoms with Crippen molar-refractivity contribution in [2.45, 2.75) is 184 Å². The Morgan fingerprint density at radius 2 is 0.922 bits per heavy atom.